The Bertz CT molecular complexity index is 431. The molecule has 0 radical (unpaired) electrons. The highest BCUT2D eigenvalue weighted by Gasteiger charge is 2.16. The van der Waals surface area contributed by atoms with Crippen molar-refractivity contribution in [2.75, 3.05) is 19.5 Å². The molecule has 5 nitrogen and oxygen atoms in total. The van der Waals surface area contributed by atoms with E-state index in [0.29, 0.717) is 17.7 Å². The number of carbonyl (C=O) groups is 2. The Morgan fingerprint density at radius 3 is 2.56 bits per heavy atom. The molecule has 0 aliphatic carbocycles. The van der Waals surface area contributed by atoms with Gasteiger partial charge in [-0.05, 0) is 24.6 Å². The Morgan fingerprint density at radius 1 is 1.28 bits per heavy atom. The lowest BCUT2D eigenvalue weighted by atomic mass is 10.1. The molecule has 1 aromatic carbocycles. The van der Waals surface area contributed by atoms with E-state index >= 15 is 0 Å². The molecular weight excluding hydrogens is 234 g/mol. The van der Waals surface area contributed by atoms with E-state index in [1.807, 2.05) is 6.92 Å². The summed E-state index contributed by atoms with van der Waals surface area (Å²) in [5, 5.41) is 3.02. The molecule has 0 aromatic heterocycles. The van der Waals surface area contributed by atoms with Gasteiger partial charge in [0.2, 0.25) is 0 Å². The first-order valence-corrected chi connectivity index (χ1v) is 5.65. The second-order valence-electron chi connectivity index (χ2n) is 3.70. The van der Waals surface area contributed by atoms with Crippen molar-refractivity contribution in [3.63, 3.8) is 0 Å². The van der Waals surface area contributed by atoms with Gasteiger partial charge in [-0.15, -0.1) is 0 Å². The molecule has 0 aliphatic heterocycles. The lowest BCUT2D eigenvalue weighted by Gasteiger charge is -2.16. The lowest BCUT2D eigenvalue weighted by molar-refractivity contribution is -0.141. The number of ether oxygens (including phenoxy) is 2. The third-order valence-electron chi connectivity index (χ3n) is 2.52. The van der Waals surface area contributed by atoms with Crippen LogP contribution in [0.15, 0.2) is 24.3 Å². The minimum Gasteiger partial charge on any atom is -0.467 e. The molecule has 0 bridgehead atoms. The van der Waals surface area contributed by atoms with Gasteiger partial charge in [-0.1, -0.05) is 13.0 Å². The Morgan fingerprint density at radius 2 is 2.00 bits per heavy atom. The van der Waals surface area contributed by atoms with Crippen LogP contribution in [0.5, 0.6) is 0 Å². The molecule has 98 valence electrons. The molecule has 18 heavy (non-hydrogen) atoms. The number of anilines is 1. The number of hydrogen-bond acceptors (Lipinski definition) is 5. The summed E-state index contributed by atoms with van der Waals surface area (Å²) in [7, 11) is 2.67. The van der Waals surface area contributed by atoms with Crippen molar-refractivity contribution in [3.05, 3.63) is 29.8 Å². The highest BCUT2D eigenvalue weighted by atomic mass is 16.5. The zero-order valence-electron chi connectivity index (χ0n) is 10.7. The maximum absolute atomic E-state index is 11.4. The summed E-state index contributed by atoms with van der Waals surface area (Å²) >= 11 is 0. The van der Waals surface area contributed by atoms with E-state index in [1.54, 1.807) is 24.3 Å². The summed E-state index contributed by atoms with van der Waals surface area (Å²) in [5.74, 6) is -0.745. The standard InChI is InChI=1S/C13H17NO4/c1-4-11(13(16)18-3)14-10-7-5-6-9(8-10)12(15)17-2/h5-8,11,14H,4H2,1-3H3. The van der Waals surface area contributed by atoms with E-state index in [4.69, 9.17) is 0 Å². The van der Waals surface area contributed by atoms with E-state index in [1.165, 1.54) is 14.2 Å². The zero-order chi connectivity index (χ0) is 13.5. The van der Waals surface area contributed by atoms with Crippen LogP contribution >= 0.6 is 0 Å². The summed E-state index contributed by atoms with van der Waals surface area (Å²) in [5.41, 5.74) is 1.11. The third kappa shape index (κ3) is 3.48. The summed E-state index contributed by atoms with van der Waals surface area (Å²) in [6.07, 6.45) is 0.592. The summed E-state index contributed by atoms with van der Waals surface area (Å²) in [4.78, 5) is 22.8. The van der Waals surface area contributed by atoms with Crippen molar-refractivity contribution in [2.24, 2.45) is 0 Å². The van der Waals surface area contributed by atoms with Crippen LogP contribution in [0.4, 0.5) is 5.69 Å². The van der Waals surface area contributed by atoms with E-state index in [-0.39, 0.29) is 5.97 Å². The number of benzene rings is 1. The van der Waals surface area contributed by atoms with Crippen LogP contribution in [0, 0.1) is 0 Å². The Labute approximate surface area is 106 Å². The van der Waals surface area contributed by atoms with Gasteiger partial charge in [-0.25, -0.2) is 9.59 Å². The maximum Gasteiger partial charge on any atom is 0.337 e. The molecule has 0 aliphatic rings. The number of esters is 2. The first-order chi connectivity index (χ1) is 8.62. The van der Waals surface area contributed by atoms with Gasteiger partial charge in [0.05, 0.1) is 19.8 Å². The highest BCUT2D eigenvalue weighted by molar-refractivity contribution is 5.90. The number of methoxy groups -OCH3 is 2. The molecule has 0 amide bonds. The van der Waals surface area contributed by atoms with Gasteiger partial charge in [-0.3, -0.25) is 0 Å². The van der Waals surface area contributed by atoms with Crippen molar-refractivity contribution in [1.29, 1.82) is 0 Å². The largest absolute Gasteiger partial charge is 0.467 e. The molecular formula is C13H17NO4. The molecule has 1 N–H and O–H groups in total. The highest BCUT2D eigenvalue weighted by Crippen LogP contribution is 2.14. The predicted molar refractivity (Wildman–Crippen MR) is 67.5 cm³/mol. The fourth-order valence-electron chi connectivity index (χ4n) is 1.52. The van der Waals surface area contributed by atoms with Crippen LogP contribution in [0.25, 0.3) is 0 Å². The van der Waals surface area contributed by atoms with Gasteiger partial charge in [-0.2, -0.15) is 0 Å². The first kappa shape index (κ1) is 14.0. The van der Waals surface area contributed by atoms with Crippen LogP contribution in [-0.4, -0.2) is 32.2 Å². The Kier molecular flexibility index (Phi) is 5.17. The zero-order valence-corrected chi connectivity index (χ0v) is 10.7. The number of rotatable bonds is 5. The topological polar surface area (TPSA) is 64.6 Å². The average molecular weight is 251 g/mol. The van der Waals surface area contributed by atoms with Gasteiger partial charge >= 0.3 is 11.9 Å². The molecule has 1 unspecified atom stereocenters. The quantitative estimate of drug-likeness (QED) is 0.809. The molecule has 0 fully saturated rings. The minimum absolute atomic E-state index is 0.332. The normalized spacial score (nSPS) is 11.5. The van der Waals surface area contributed by atoms with Crippen molar-refractivity contribution in [3.8, 4) is 0 Å². The second-order valence-corrected chi connectivity index (χ2v) is 3.70. The molecule has 1 atom stereocenters. The van der Waals surface area contributed by atoms with Crippen LogP contribution < -0.4 is 5.32 Å². The van der Waals surface area contributed by atoms with Gasteiger partial charge in [0, 0.05) is 5.69 Å². The molecule has 5 heteroatoms. The number of nitrogens with one attached hydrogen (secondary N) is 1. The van der Waals surface area contributed by atoms with Gasteiger partial charge < -0.3 is 14.8 Å². The third-order valence-corrected chi connectivity index (χ3v) is 2.52. The van der Waals surface area contributed by atoms with Crippen LogP contribution in [0.2, 0.25) is 0 Å². The van der Waals surface area contributed by atoms with Crippen molar-refractivity contribution in [1.82, 2.24) is 0 Å². The van der Waals surface area contributed by atoms with E-state index < -0.39 is 12.0 Å². The maximum atomic E-state index is 11.4. The average Bonchev–Trinajstić information content (AvgIpc) is 2.43. The molecule has 1 aromatic rings. The SMILES string of the molecule is CCC(Nc1cccc(C(=O)OC)c1)C(=O)OC. The van der Waals surface area contributed by atoms with Crippen LogP contribution in [-0.2, 0) is 14.3 Å². The van der Waals surface area contributed by atoms with Gasteiger partial charge in [0.25, 0.3) is 0 Å². The van der Waals surface area contributed by atoms with Gasteiger partial charge in [0.15, 0.2) is 0 Å². The number of hydrogen-bond donors (Lipinski definition) is 1. The van der Waals surface area contributed by atoms with E-state index in [2.05, 4.69) is 14.8 Å². The van der Waals surface area contributed by atoms with E-state index in [0.717, 1.165) is 0 Å². The summed E-state index contributed by atoms with van der Waals surface area (Å²) in [6.45, 7) is 1.87. The van der Waals surface area contributed by atoms with Crippen LogP contribution in [0.1, 0.15) is 23.7 Å². The number of carbonyl (C=O) groups excluding carboxylic acids is 2. The molecule has 1 rings (SSSR count). The lowest BCUT2D eigenvalue weighted by Crippen LogP contribution is -2.29. The van der Waals surface area contributed by atoms with Crippen LogP contribution in [0.3, 0.4) is 0 Å². The van der Waals surface area contributed by atoms with Crippen molar-refractivity contribution in [2.45, 2.75) is 19.4 Å². The first-order valence-electron chi connectivity index (χ1n) is 5.65. The molecule has 0 saturated carbocycles. The fourth-order valence-corrected chi connectivity index (χ4v) is 1.52. The van der Waals surface area contributed by atoms with E-state index in [9.17, 15) is 9.59 Å². The van der Waals surface area contributed by atoms with Crippen molar-refractivity contribution >= 4 is 17.6 Å². The minimum atomic E-state index is -0.428. The smallest absolute Gasteiger partial charge is 0.337 e. The summed E-state index contributed by atoms with van der Waals surface area (Å²) in [6, 6.07) is 6.35. The van der Waals surface area contributed by atoms with Gasteiger partial charge in [0.1, 0.15) is 6.04 Å². The molecule has 0 heterocycles. The van der Waals surface area contributed by atoms with Crippen molar-refractivity contribution < 1.29 is 19.1 Å². The fraction of sp³-hybridized carbons (Fsp3) is 0.385. The molecule has 0 saturated heterocycles. The predicted octanol–water partition coefficient (Wildman–Crippen LogP) is 1.84. The Hall–Kier alpha value is -2.04. The molecule has 0 spiro atoms. The summed E-state index contributed by atoms with van der Waals surface area (Å²) < 4.78 is 9.31. The monoisotopic (exact) mass is 251 g/mol. The second kappa shape index (κ2) is 6.64. The Balaban J connectivity index is 2.84.